The number of phenolic OH excluding ortho intramolecular Hbond substituents is 1. The second-order valence-electron chi connectivity index (χ2n) is 7.63. The van der Waals surface area contributed by atoms with E-state index < -0.39 is 0 Å². The summed E-state index contributed by atoms with van der Waals surface area (Å²) in [5.74, 6) is 0.298. The lowest BCUT2D eigenvalue weighted by molar-refractivity contribution is 0.446. The molecule has 0 aliphatic heterocycles. The van der Waals surface area contributed by atoms with Crippen LogP contribution in [-0.2, 0) is 12.8 Å². The van der Waals surface area contributed by atoms with Crippen LogP contribution < -0.4 is 0 Å². The van der Waals surface area contributed by atoms with Crippen molar-refractivity contribution in [1.82, 2.24) is 4.90 Å². The Morgan fingerprint density at radius 1 is 0.759 bits per heavy atom. The summed E-state index contributed by atoms with van der Waals surface area (Å²) in [6.07, 6.45) is 2.08. The molecule has 0 spiro atoms. The summed E-state index contributed by atoms with van der Waals surface area (Å²) in [6.45, 7) is 3.05. The normalized spacial score (nSPS) is 11.7. The first-order valence-corrected chi connectivity index (χ1v) is 9.80. The molecule has 3 aromatic carbocycles. The van der Waals surface area contributed by atoms with Gasteiger partial charge < -0.3 is 10.0 Å². The van der Waals surface area contributed by atoms with E-state index in [1.807, 2.05) is 12.1 Å². The molecule has 0 aliphatic carbocycles. The molecule has 0 radical (unpaired) electrons. The number of benzene rings is 3. The predicted octanol–water partition coefficient (Wildman–Crippen LogP) is 5.98. The molecule has 0 unspecified atom stereocenters. The summed E-state index contributed by atoms with van der Waals surface area (Å²) < 4.78 is 0. The average Bonchev–Trinajstić information content (AvgIpc) is 2.68. The number of aryl methyl sites for hydroxylation is 2. The molecule has 1 N–H and O–H groups in total. The first-order valence-electron chi connectivity index (χ1n) is 9.80. The number of phenols is 1. The highest BCUT2D eigenvalue weighted by molar-refractivity contribution is 5.85. The molecule has 0 atom stereocenters. The van der Waals surface area contributed by atoms with Crippen LogP contribution in [0.15, 0.2) is 84.4 Å². The van der Waals surface area contributed by atoms with Crippen molar-refractivity contribution in [3.63, 3.8) is 0 Å². The lowest BCUT2D eigenvalue weighted by atomic mass is 9.92. The molecule has 2 nitrogen and oxygen atoms in total. The lowest BCUT2D eigenvalue weighted by Gasteiger charge is -2.17. The zero-order chi connectivity index (χ0) is 19.9. The summed E-state index contributed by atoms with van der Waals surface area (Å²) in [7, 11) is 4.16. The fourth-order valence-electron chi connectivity index (χ4n) is 3.65. The third kappa shape index (κ3) is 6.49. The van der Waals surface area contributed by atoms with Gasteiger partial charge in [-0.05, 0) is 73.8 Å². The van der Waals surface area contributed by atoms with Gasteiger partial charge in [-0.15, -0.1) is 12.4 Å². The van der Waals surface area contributed by atoms with E-state index in [1.165, 1.54) is 27.8 Å². The van der Waals surface area contributed by atoms with Crippen LogP contribution in [0.5, 0.6) is 5.75 Å². The average molecular weight is 408 g/mol. The number of nitrogens with zero attached hydrogens (tertiary/aromatic N) is 1. The Labute approximate surface area is 180 Å². The lowest BCUT2D eigenvalue weighted by Crippen LogP contribution is -2.15. The van der Waals surface area contributed by atoms with Crippen LogP contribution in [-0.4, -0.2) is 30.6 Å². The molecule has 152 valence electrons. The van der Waals surface area contributed by atoms with Crippen molar-refractivity contribution >= 4 is 18.0 Å². The van der Waals surface area contributed by atoms with E-state index in [2.05, 4.69) is 86.6 Å². The van der Waals surface area contributed by atoms with Crippen LogP contribution in [0.2, 0.25) is 0 Å². The van der Waals surface area contributed by atoms with E-state index in [0.29, 0.717) is 5.75 Å². The Morgan fingerprint density at radius 3 is 1.97 bits per heavy atom. The fourth-order valence-corrected chi connectivity index (χ4v) is 3.65. The molecular weight excluding hydrogens is 378 g/mol. The zero-order valence-corrected chi connectivity index (χ0v) is 18.2. The zero-order valence-electron chi connectivity index (χ0n) is 17.4. The minimum atomic E-state index is 0. The minimum absolute atomic E-state index is 0. The standard InChI is InChI=1S/C26H29NO.ClH/c1-20(19-27(2)3)26(24-10-7-11-25(28)18-24)23-16-14-22(15-17-23)13-12-21-8-5-4-6-9-21;/h4-11,14-18,28H,12-13,19H2,1-3H3;1H/b26-20-;. The number of hydrogen-bond acceptors (Lipinski definition) is 2. The van der Waals surface area contributed by atoms with Gasteiger partial charge in [-0.25, -0.2) is 0 Å². The van der Waals surface area contributed by atoms with Gasteiger partial charge in [-0.2, -0.15) is 0 Å². The van der Waals surface area contributed by atoms with Gasteiger partial charge in [0.25, 0.3) is 0 Å². The van der Waals surface area contributed by atoms with Gasteiger partial charge >= 0.3 is 0 Å². The van der Waals surface area contributed by atoms with Crippen LogP contribution in [0.1, 0.15) is 29.2 Å². The SMILES string of the molecule is C/C(CN(C)C)=C(\c1ccc(CCc2ccccc2)cc1)c1cccc(O)c1.Cl. The summed E-state index contributed by atoms with van der Waals surface area (Å²) in [6, 6.07) is 27.0. The van der Waals surface area contributed by atoms with Crippen molar-refractivity contribution in [2.75, 3.05) is 20.6 Å². The van der Waals surface area contributed by atoms with E-state index >= 15 is 0 Å². The van der Waals surface area contributed by atoms with Crippen LogP contribution in [0.4, 0.5) is 0 Å². The van der Waals surface area contributed by atoms with Gasteiger partial charge in [-0.1, -0.05) is 72.3 Å². The van der Waals surface area contributed by atoms with Gasteiger partial charge in [0.15, 0.2) is 0 Å². The maximum atomic E-state index is 9.96. The van der Waals surface area contributed by atoms with Crippen molar-refractivity contribution in [1.29, 1.82) is 0 Å². The van der Waals surface area contributed by atoms with Crippen molar-refractivity contribution in [3.05, 3.63) is 107 Å². The van der Waals surface area contributed by atoms with Gasteiger partial charge in [0, 0.05) is 6.54 Å². The molecule has 0 heterocycles. The predicted molar refractivity (Wildman–Crippen MR) is 126 cm³/mol. The Morgan fingerprint density at radius 2 is 1.38 bits per heavy atom. The van der Waals surface area contributed by atoms with Crippen molar-refractivity contribution in [2.24, 2.45) is 0 Å². The van der Waals surface area contributed by atoms with Crippen molar-refractivity contribution in [2.45, 2.75) is 19.8 Å². The largest absolute Gasteiger partial charge is 0.508 e. The van der Waals surface area contributed by atoms with Crippen LogP contribution >= 0.6 is 12.4 Å². The molecule has 0 amide bonds. The Bertz CT molecular complexity index is 930. The van der Waals surface area contributed by atoms with Crippen LogP contribution in [0.25, 0.3) is 5.57 Å². The number of hydrogen-bond donors (Lipinski definition) is 1. The molecule has 3 aromatic rings. The van der Waals surface area contributed by atoms with E-state index in [9.17, 15) is 5.11 Å². The van der Waals surface area contributed by atoms with Crippen LogP contribution in [0.3, 0.4) is 0 Å². The van der Waals surface area contributed by atoms with Gasteiger partial charge in [-0.3, -0.25) is 0 Å². The second kappa shape index (κ2) is 10.8. The molecule has 0 fully saturated rings. The van der Waals surface area contributed by atoms with Crippen molar-refractivity contribution in [3.8, 4) is 5.75 Å². The maximum absolute atomic E-state index is 9.96. The van der Waals surface area contributed by atoms with E-state index in [0.717, 1.165) is 24.9 Å². The topological polar surface area (TPSA) is 23.5 Å². The second-order valence-corrected chi connectivity index (χ2v) is 7.63. The van der Waals surface area contributed by atoms with Gasteiger partial charge in [0.1, 0.15) is 5.75 Å². The monoisotopic (exact) mass is 407 g/mol. The number of halogens is 1. The van der Waals surface area contributed by atoms with E-state index in [1.54, 1.807) is 6.07 Å². The fraction of sp³-hybridized carbons (Fsp3) is 0.231. The highest BCUT2D eigenvalue weighted by Crippen LogP contribution is 2.29. The number of rotatable bonds is 7. The maximum Gasteiger partial charge on any atom is 0.116 e. The molecule has 0 saturated heterocycles. The molecule has 0 saturated carbocycles. The first-order chi connectivity index (χ1) is 13.5. The molecular formula is C26H30ClNO. The summed E-state index contributed by atoms with van der Waals surface area (Å²) in [4.78, 5) is 2.17. The van der Waals surface area contributed by atoms with Crippen LogP contribution in [0, 0.1) is 0 Å². The quantitative estimate of drug-likeness (QED) is 0.520. The minimum Gasteiger partial charge on any atom is -0.508 e. The number of aromatic hydroxyl groups is 1. The summed E-state index contributed by atoms with van der Waals surface area (Å²) in [5, 5.41) is 9.96. The van der Waals surface area contributed by atoms with E-state index in [4.69, 9.17) is 0 Å². The van der Waals surface area contributed by atoms with E-state index in [-0.39, 0.29) is 12.4 Å². The summed E-state index contributed by atoms with van der Waals surface area (Å²) >= 11 is 0. The third-order valence-corrected chi connectivity index (χ3v) is 4.90. The van der Waals surface area contributed by atoms with Crippen molar-refractivity contribution < 1.29 is 5.11 Å². The Hall–Kier alpha value is -2.55. The molecule has 29 heavy (non-hydrogen) atoms. The highest BCUT2D eigenvalue weighted by atomic mass is 35.5. The third-order valence-electron chi connectivity index (χ3n) is 4.90. The molecule has 0 aliphatic rings. The Kier molecular flexibility index (Phi) is 8.50. The summed E-state index contributed by atoms with van der Waals surface area (Å²) in [5.41, 5.74) is 7.43. The number of likely N-dealkylation sites (N-methyl/N-ethyl adjacent to an activating group) is 1. The van der Waals surface area contributed by atoms with Gasteiger partial charge in [0.2, 0.25) is 0 Å². The molecule has 3 rings (SSSR count). The smallest absolute Gasteiger partial charge is 0.116 e. The molecule has 3 heteroatoms. The van der Waals surface area contributed by atoms with Gasteiger partial charge in [0.05, 0.1) is 0 Å². The molecule has 0 bridgehead atoms. The Balaban J connectivity index is 0.00000300. The first kappa shape index (κ1) is 22.7. The highest BCUT2D eigenvalue weighted by Gasteiger charge is 2.11. The molecule has 0 aromatic heterocycles.